The normalized spacial score (nSPS) is 13.4. The van der Waals surface area contributed by atoms with Crippen molar-refractivity contribution in [2.24, 2.45) is 0 Å². The van der Waals surface area contributed by atoms with Crippen molar-refractivity contribution in [3.05, 3.63) is 51.5 Å². The second-order valence-electron chi connectivity index (χ2n) is 4.45. The molecule has 1 heterocycles. The summed E-state index contributed by atoms with van der Waals surface area (Å²) in [6.45, 7) is 0.314. The lowest BCUT2D eigenvalue weighted by atomic mass is 10.3. The van der Waals surface area contributed by atoms with Gasteiger partial charge in [-0.05, 0) is 43.5 Å². The number of halogens is 2. The van der Waals surface area contributed by atoms with Gasteiger partial charge in [0.25, 0.3) is 0 Å². The SMILES string of the molecule is Clc1ccc(OCc2nc(Cl)c3c(n2)CCC3)cc1. The Morgan fingerprint density at radius 3 is 2.63 bits per heavy atom. The molecule has 1 aliphatic carbocycles. The van der Waals surface area contributed by atoms with Crippen LogP contribution in [0.2, 0.25) is 10.2 Å². The Bertz CT molecular complexity index is 599. The van der Waals surface area contributed by atoms with Gasteiger partial charge in [-0.3, -0.25) is 0 Å². The quantitative estimate of drug-likeness (QED) is 0.807. The maximum atomic E-state index is 6.15. The lowest BCUT2D eigenvalue weighted by molar-refractivity contribution is 0.295. The van der Waals surface area contributed by atoms with Crippen LogP contribution in [0.15, 0.2) is 24.3 Å². The Hall–Kier alpha value is -1.32. The number of fused-ring (bicyclic) bond motifs is 1. The van der Waals surface area contributed by atoms with Crippen molar-refractivity contribution >= 4 is 23.2 Å². The molecule has 2 aromatic rings. The van der Waals surface area contributed by atoms with Crippen LogP contribution >= 0.6 is 23.2 Å². The Balaban J connectivity index is 1.73. The zero-order chi connectivity index (χ0) is 13.2. The van der Waals surface area contributed by atoms with Crippen molar-refractivity contribution in [3.8, 4) is 5.75 Å². The van der Waals surface area contributed by atoms with Crippen LogP contribution in [0.1, 0.15) is 23.5 Å². The molecule has 0 aliphatic heterocycles. The molecule has 0 amide bonds. The molecular weight excluding hydrogens is 283 g/mol. The average Bonchev–Trinajstić information content (AvgIpc) is 2.87. The molecular formula is C14H12Cl2N2O. The largest absolute Gasteiger partial charge is 0.486 e. The fraction of sp³-hybridized carbons (Fsp3) is 0.286. The Labute approximate surface area is 121 Å². The van der Waals surface area contributed by atoms with Gasteiger partial charge in [0.15, 0.2) is 5.82 Å². The van der Waals surface area contributed by atoms with E-state index in [-0.39, 0.29) is 0 Å². The van der Waals surface area contributed by atoms with E-state index in [1.807, 2.05) is 12.1 Å². The van der Waals surface area contributed by atoms with Crippen LogP contribution in [-0.4, -0.2) is 9.97 Å². The summed E-state index contributed by atoms with van der Waals surface area (Å²) in [5, 5.41) is 1.25. The topological polar surface area (TPSA) is 35.0 Å². The first kappa shape index (κ1) is 12.7. The number of rotatable bonds is 3. The molecule has 1 aromatic carbocycles. The predicted octanol–water partition coefficient (Wildman–Crippen LogP) is 3.85. The second kappa shape index (κ2) is 5.35. The smallest absolute Gasteiger partial charge is 0.167 e. The molecule has 3 nitrogen and oxygen atoms in total. The highest BCUT2D eigenvalue weighted by molar-refractivity contribution is 6.30. The molecule has 5 heteroatoms. The molecule has 1 aliphatic rings. The van der Waals surface area contributed by atoms with Crippen molar-refractivity contribution in [1.82, 2.24) is 9.97 Å². The number of aromatic nitrogens is 2. The summed E-state index contributed by atoms with van der Waals surface area (Å²) in [6, 6.07) is 7.20. The zero-order valence-corrected chi connectivity index (χ0v) is 11.7. The fourth-order valence-electron chi connectivity index (χ4n) is 2.18. The van der Waals surface area contributed by atoms with Crippen molar-refractivity contribution in [2.75, 3.05) is 0 Å². The number of benzene rings is 1. The molecule has 0 fully saturated rings. The third-order valence-corrected chi connectivity index (χ3v) is 3.68. The van der Waals surface area contributed by atoms with Crippen molar-refractivity contribution in [2.45, 2.75) is 25.9 Å². The summed E-state index contributed by atoms with van der Waals surface area (Å²) in [4.78, 5) is 8.78. The first-order valence-corrected chi connectivity index (χ1v) is 6.90. The van der Waals surface area contributed by atoms with Crippen LogP contribution in [0.3, 0.4) is 0 Å². The molecule has 0 saturated heterocycles. The van der Waals surface area contributed by atoms with E-state index in [0.717, 1.165) is 36.3 Å². The lowest BCUT2D eigenvalue weighted by Gasteiger charge is -2.07. The van der Waals surface area contributed by atoms with Gasteiger partial charge < -0.3 is 4.74 Å². The molecule has 3 rings (SSSR count). The molecule has 0 atom stereocenters. The van der Waals surface area contributed by atoms with E-state index in [0.29, 0.717) is 22.6 Å². The van der Waals surface area contributed by atoms with E-state index in [1.165, 1.54) is 0 Å². The number of aryl methyl sites for hydroxylation is 1. The number of hydrogen-bond acceptors (Lipinski definition) is 3. The zero-order valence-electron chi connectivity index (χ0n) is 10.2. The molecule has 98 valence electrons. The maximum absolute atomic E-state index is 6.15. The van der Waals surface area contributed by atoms with Gasteiger partial charge in [-0.1, -0.05) is 23.2 Å². The highest BCUT2D eigenvalue weighted by atomic mass is 35.5. The Morgan fingerprint density at radius 1 is 1.05 bits per heavy atom. The molecule has 0 unspecified atom stereocenters. The Morgan fingerprint density at radius 2 is 1.84 bits per heavy atom. The summed E-state index contributed by atoms with van der Waals surface area (Å²) in [5.74, 6) is 1.37. The van der Waals surface area contributed by atoms with Gasteiger partial charge >= 0.3 is 0 Å². The molecule has 0 saturated carbocycles. The van der Waals surface area contributed by atoms with Crippen LogP contribution in [-0.2, 0) is 19.4 Å². The summed E-state index contributed by atoms with van der Waals surface area (Å²) < 4.78 is 5.62. The highest BCUT2D eigenvalue weighted by Crippen LogP contribution is 2.26. The van der Waals surface area contributed by atoms with Crippen LogP contribution in [0.5, 0.6) is 5.75 Å². The summed E-state index contributed by atoms with van der Waals surface area (Å²) in [5.41, 5.74) is 2.16. The van der Waals surface area contributed by atoms with E-state index in [9.17, 15) is 0 Å². The highest BCUT2D eigenvalue weighted by Gasteiger charge is 2.18. The maximum Gasteiger partial charge on any atom is 0.167 e. The van der Waals surface area contributed by atoms with Gasteiger partial charge in [0, 0.05) is 16.3 Å². The van der Waals surface area contributed by atoms with Gasteiger partial charge in [-0.25, -0.2) is 9.97 Å². The second-order valence-corrected chi connectivity index (χ2v) is 5.25. The van der Waals surface area contributed by atoms with Crippen LogP contribution in [0.25, 0.3) is 0 Å². The van der Waals surface area contributed by atoms with Crippen LogP contribution in [0.4, 0.5) is 0 Å². The van der Waals surface area contributed by atoms with E-state index in [1.54, 1.807) is 12.1 Å². The monoisotopic (exact) mass is 294 g/mol. The molecule has 0 bridgehead atoms. The molecule has 0 N–H and O–H groups in total. The number of ether oxygens (including phenoxy) is 1. The van der Waals surface area contributed by atoms with Crippen LogP contribution in [0, 0.1) is 0 Å². The van der Waals surface area contributed by atoms with E-state index >= 15 is 0 Å². The third-order valence-electron chi connectivity index (χ3n) is 3.11. The lowest BCUT2D eigenvalue weighted by Crippen LogP contribution is -2.05. The van der Waals surface area contributed by atoms with Crippen molar-refractivity contribution in [1.29, 1.82) is 0 Å². The van der Waals surface area contributed by atoms with E-state index in [2.05, 4.69) is 9.97 Å². The first-order chi connectivity index (χ1) is 9.22. The minimum absolute atomic E-state index is 0.314. The molecule has 0 radical (unpaired) electrons. The molecule has 19 heavy (non-hydrogen) atoms. The minimum atomic E-state index is 0.314. The third kappa shape index (κ3) is 2.82. The van der Waals surface area contributed by atoms with Gasteiger partial charge in [0.1, 0.15) is 17.5 Å². The van der Waals surface area contributed by atoms with Crippen LogP contribution < -0.4 is 4.74 Å². The average molecular weight is 295 g/mol. The van der Waals surface area contributed by atoms with Gasteiger partial charge in [0.05, 0.1) is 0 Å². The van der Waals surface area contributed by atoms with Crippen molar-refractivity contribution in [3.63, 3.8) is 0 Å². The standard InChI is InChI=1S/C14H12Cl2N2O/c15-9-4-6-10(7-5-9)19-8-13-17-12-3-1-2-11(12)14(16)18-13/h4-7H,1-3,8H2. The minimum Gasteiger partial charge on any atom is -0.486 e. The van der Waals surface area contributed by atoms with Gasteiger partial charge in [-0.2, -0.15) is 0 Å². The molecule has 0 spiro atoms. The van der Waals surface area contributed by atoms with Gasteiger partial charge in [0.2, 0.25) is 0 Å². The predicted molar refractivity (Wildman–Crippen MR) is 74.9 cm³/mol. The first-order valence-electron chi connectivity index (χ1n) is 6.15. The van der Waals surface area contributed by atoms with Crippen molar-refractivity contribution < 1.29 is 4.74 Å². The number of hydrogen-bond donors (Lipinski definition) is 0. The fourth-order valence-corrected chi connectivity index (χ4v) is 2.61. The summed E-state index contributed by atoms with van der Waals surface area (Å²) in [7, 11) is 0. The van der Waals surface area contributed by atoms with E-state index in [4.69, 9.17) is 27.9 Å². The summed E-state index contributed by atoms with van der Waals surface area (Å²) >= 11 is 12.0. The summed E-state index contributed by atoms with van der Waals surface area (Å²) in [6.07, 6.45) is 3.06. The number of nitrogens with zero attached hydrogens (tertiary/aromatic N) is 2. The molecule has 1 aromatic heterocycles. The van der Waals surface area contributed by atoms with Gasteiger partial charge in [-0.15, -0.1) is 0 Å². The van der Waals surface area contributed by atoms with E-state index < -0.39 is 0 Å². The Kier molecular flexibility index (Phi) is 3.58.